The molecule has 0 fully saturated rings. The Balaban J connectivity index is 1.88. The highest BCUT2D eigenvalue weighted by Gasteiger charge is 2.55. The van der Waals surface area contributed by atoms with Gasteiger partial charge in [0.15, 0.2) is 8.07 Å². The fraction of sp³-hybridized carbons (Fsp3) is 0.0833. The molecule has 4 aromatic rings. The number of hydrogen-bond acceptors (Lipinski definition) is 2. The van der Waals surface area contributed by atoms with E-state index in [1.165, 1.54) is 43.0 Å². The minimum absolute atomic E-state index is 1.07. The Kier molecular flexibility index (Phi) is 2.80. The molecule has 27 heavy (non-hydrogen) atoms. The molecule has 0 aliphatic carbocycles. The average molecular weight is 363 g/mol. The van der Waals surface area contributed by atoms with Crippen molar-refractivity contribution in [3.05, 3.63) is 84.2 Å². The van der Waals surface area contributed by atoms with Gasteiger partial charge in [0, 0.05) is 12.4 Å². The molecule has 0 bridgehead atoms. The highest BCUT2D eigenvalue weighted by molar-refractivity contribution is 7.24. The van der Waals surface area contributed by atoms with Crippen molar-refractivity contribution < 1.29 is 0 Å². The van der Waals surface area contributed by atoms with E-state index in [1.54, 1.807) is 0 Å². The third-order valence-corrected chi connectivity index (χ3v) is 10.9. The van der Waals surface area contributed by atoms with Crippen LogP contribution in [0.5, 0.6) is 0 Å². The minimum atomic E-state index is -2.34. The summed E-state index contributed by atoms with van der Waals surface area (Å²) in [5.74, 6) is 0. The second kappa shape index (κ2) is 5.02. The first-order valence-electron chi connectivity index (χ1n) is 9.35. The molecular formula is C24H18N2Si. The standard InChI is InChI=1S/C24H18N2Si/c1-15-9-10-18-17-6-3-4-7-19(17)27(21(18)12-15)20-8-5-11-25-23(20)24-22(27)13-16(2)14-26-24/h3-14H,1-2H3. The molecular weight excluding hydrogens is 344 g/mol. The number of rotatable bonds is 0. The van der Waals surface area contributed by atoms with Crippen LogP contribution in [0.1, 0.15) is 11.1 Å². The molecule has 2 aromatic heterocycles. The zero-order valence-electron chi connectivity index (χ0n) is 15.3. The van der Waals surface area contributed by atoms with Crippen LogP contribution < -0.4 is 20.7 Å². The lowest BCUT2D eigenvalue weighted by atomic mass is 10.0. The Bertz CT molecular complexity index is 1160. The van der Waals surface area contributed by atoms with Crippen molar-refractivity contribution >= 4 is 28.8 Å². The maximum absolute atomic E-state index is 4.86. The number of nitrogens with zero attached hydrogens (tertiary/aromatic N) is 2. The third kappa shape index (κ3) is 1.70. The van der Waals surface area contributed by atoms with Gasteiger partial charge in [-0.25, -0.2) is 0 Å². The number of hydrogen-bond donors (Lipinski definition) is 0. The maximum atomic E-state index is 4.86. The molecule has 2 aliphatic rings. The number of aromatic nitrogens is 2. The lowest BCUT2D eigenvalue weighted by Gasteiger charge is -2.27. The average Bonchev–Trinajstić information content (AvgIpc) is 3.14. The van der Waals surface area contributed by atoms with Gasteiger partial charge in [-0.05, 0) is 57.4 Å². The summed E-state index contributed by atoms with van der Waals surface area (Å²) in [6.07, 6.45) is 3.87. The Hall–Kier alpha value is -3.04. The third-order valence-electron chi connectivity index (χ3n) is 6.06. The second-order valence-corrected chi connectivity index (χ2v) is 11.3. The molecule has 0 saturated carbocycles. The molecule has 1 unspecified atom stereocenters. The molecule has 1 spiro atoms. The van der Waals surface area contributed by atoms with Gasteiger partial charge in [-0.2, -0.15) is 0 Å². The summed E-state index contributed by atoms with van der Waals surface area (Å²) in [7, 11) is -2.34. The summed E-state index contributed by atoms with van der Waals surface area (Å²) >= 11 is 0. The predicted octanol–water partition coefficient (Wildman–Crippen LogP) is 2.43. The quantitative estimate of drug-likeness (QED) is 0.388. The first-order chi connectivity index (χ1) is 13.2. The van der Waals surface area contributed by atoms with E-state index in [1.807, 2.05) is 12.4 Å². The Morgan fingerprint density at radius 2 is 1.37 bits per heavy atom. The van der Waals surface area contributed by atoms with E-state index in [-0.39, 0.29) is 0 Å². The molecule has 2 nitrogen and oxygen atoms in total. The zero-order valence-corrected chi connectivity index (χ0v) is 16.3. The number of pyridine rings is 2. The molecule has 4 heterocycles. The fourth-order valence-corrected chi connectivity index (χ4v) is 10.7. The second-order valence-electron chi connectivity index (χ2n) is 7.65. The first-order valence-corrected chi connectivity index (χ1v) is 11.4. The van der Waals surface area contributed by atoms with Gasteiger partial charge in [-0.1, -0.05) is 60.2 Å². The molecule has 1 atom stereocenters. The fourth-order valence-electron chi connectivity index (χ4n) is 5.06. The molecule has 128 valence electrons. The molecule has 0 saturated heterocycles. The Morgan fingerprint density at radius 1 is 0.630 bits per heavy atom. The molecule has 0 radical (unpaired) electrons. The molecule has 2 aromatic carbocycles. The lowest BCUT2D eigenvalue weighted by Crippen LogP contribution is -2.70. The largest absolute Gasteiger partial charge is 0.255 e. The van der Waals surface area contributed by atoms with Crippen LogP contribution in [0.25, 0.3) is 22.5 Å². The van der Waals surface area contributed by atoms with Crippen LogP contribution in [0.15, 0.2) is 73.1 Å². The lowest BCUT2D eigenvalue weighted by molar-refractivity contribution is 1.25. The van der Waals surface area contributed by atoms with E-state index >= 15 is 0 Å². The molecule has 6 rings (SSSR count). The van der Waals surface area contributed by atoms with E-state index in [0.717, 1.165) is 11.4 Å². The predicted molar refractivity (Wildman–Crippen MR) is 113 cm³/mol. The minimum Gasteiger partial charge on any atom is -0.255 e. The Labute approximate surface area is 159 Å². The van der Waals surface area contributed by atoms with E-state index in [4.69, 9.17) is 9.97 Å². The van der Waals surface area contributed by atoms with Crippen molar-refractivity contribution in [3.8, 4) is 22.5 Å². The van der Waals surface area contributed by atoms with Crippen molar-refractivity contribution in [2.24, 2.45) is 0 Å². The first kappa shape index (κ1) is 15.1. The number of benzene rings is 2. The summed E-state index contributed by atoms with van der Waals surface area (Å²) in [5.41, 5.74) is 7.44. The summed E-state index contributed by atoms with van der Waals surface area (Å²) in [5, 5.41) is 5.75. The topological polar surface area (TPSA) is 25.8 Å². The van der Waals surface area contributed by atoms with E-state index in [0.29, 0.717) is 0 Å². The van der Waals surface area contributed by atoms with Crippen LogP contribution in [0.2, 0.25) is 0 Å². The summed E-state index contributed by atoms with van der Waals surface area (Å²) in [6.45, 7) is 4.34. The van der Waals surface area contributed by atoms with Crippen molar-refractivity contribution in [2.45, 2.75) is 13.8 Å². The molecule has 3 heteroatoms. The monoisotopic (exact) mass is 362 g/mol. The maximum Gasteiger partial charge on any atom is 0.185 e. The van der Waals surface area contributed by atoms with Crippen LogP contribution >= 0.6 is 0 Å². The summed E-state index contributed by atoms with van der Waals surface area (Å²) in [4.78, 5) is 9.65. The van der Waals surface area contributed by atoms with Gasteiger partial charge in [-0.3, -0.25) is 9.97 Å². The normalized spacial score (nSPS) is 18.1. The van der Waals surface area contributed by atoms with E-state index in [2.05, 4.69) is 74.5 Å². The molecule has 0 amide bonds. The number of fused-ring (bicyclic) bond motifs is 10. The van der Waals surface area contributed by atoms with E-state index in [9.17, 15) is 0 Å². The highest BCUT2D eigenvalue weighted by atomic mass is 28.3. The smallest absolute Gasteiger partial charge is 0.185 e. The van der Waals surface area contributed by atoms with Crippen molar-refractivity contribution in [2.75, 3.05) is 0 Å². The van der Waals surface area contributed by atoms with Gasteiger partial charge in [0.05, 0.1) is 11.4 Å². The van der Waals surface area contributed by atoms with Crippen LogP contribution in [0.3, 0.4) is 0 Å². The molecule has 2 aliphatic heterocycles. The SMILES string of the molecule is Cc1ccc2c(c1)[Si]1(c3ccccc3-2)c2cccnc2-c2ncc(C)cc21. The van der Waals surface area contributed by atoms with Gasteiger partial charge in [0.1, 0.15) is 0 Å². The van der Waals surface area contributed by atoms with Crippen molar-refractivity contribution in [1.82, 2.24) is 9.97 Å². The van der Waals surface area contributed by atoms with Crippen molar-refractivity contribution in [3.63, 3.8) is 0 Å². The zero-order chi connectivity index (χ0) is 18.2. The van der Waals surface area contributed by atoms with Crippen LogP contribution in [-0.4, -0.2) is 18.0 Å². The van der Waals surface area contributed by atoms with Crippen LogP contribution in [0, 0.1) is 13.8 Å². The van der Waals surface area contributed by atoms with Gasteiger partial charge in [0.25, 0.3) is 0 Å². The molecule has 0 N–H and O–H groups in total. The Morgan fingerprint density at radius 3 is 2.30 bits per heavy atom. The van der Waals surface area contributed by atoms with Crippen LogP contribution in [0.4, 0.5) is 0 Å². The van der Waals surface area contributed by atoms with Crippen LogP contribution in [-0.2, 0) is 0 Å². The van der Waals surface area contributed by atoms with Gasteiger partial charge < -0.3 is 0 Å². The summed E-state index contributed by atoms with van der Waals surface area (Å²) in [6, 6.07) is 22.7. The number of aryl methyl sites for hydroxylation is 2. The van der Waals surface area contributed by atoms with Crippen molar-refractivity contribution in [1.29, 1.82) is 0 Å². The highest BCUT2D eigenvalue weighted by Crippen LogP contribution is 2.34. The van der Waals surface area contributed by atoms with E-state index < -0.39 is 8.07 Å². The summed E-state index contributed by atoms with van der Waals surface area (Å²) < 4.78 is 0. The van der Waals surface area contributed by atoms with Gasteiger partial charge in [-0.15, -0.1) is 0 Å². The van der Waals surface area contributed by atoms with Gasteiger partial charge >= 0.3 is 0 Å². The van der Waals surface area contributed by atoms with Gasteiger partial charge in [0.2, 0.25) is 0 Å².